The number of rotatable bonds is 1. The van der Waals surface area contributed by atoms with Crippen LogP contribution in [0, 0.1) is 5.92 Å². The van der Waals surface area contributed by atoms with Crippen LogP contribution in [-0.4, -0.2) is 10.8 Å². The molecule has 2 nitrogen and oxygen atoms in total. The van der Waals surface area contributed by atoms with Crippen LogP contribution < -0.4 is 0 Å². The molecule has 0 spiro atoms. The fourth-order valence-corrected chi connectivity index (χ4v) is 4.22. The van der Waals surface area contributed by atoms with E-state index >= 15 is 0 Å². The molecule has 0 amide bonds. The molecule has 0 radical (unpaired) electrons. The Morgan fingerprint density at radius 2 is 1.94 bits per heavy atom. The molecule has 1 aromatic rings. The van der Waals surface area contributed by atoms with Crippen molar-refractivity contribution in [1.29, 1.82) is 0 Å². The van der Waals surface area contributed by atoms with Gasteiger partial charge in [-0.2, -0.15) is 0 Å². The predicted molar refractivity (Wildman–Crippen MR) is 69.8 cm³/mol. The molecule has 2 aliphatic rings. The van der Waals surface area contributed by atoms with Crippen LogP contribution in [0.3, 0.4) is 0 Å². The average molecular weight is 249 g/mol. The summed E-state index contributed by atoms with van der Waals surface area (Å²) in [6.45, 7) is 2.34. The van der Waals surface area contributed by atoms with E-state index in [4.69, 9.17) is 4.98 Å². The predicted octanol–water partition coefficient (Wildman–Crippen LogP) is 3.96. The number of hydrogen-bond acceptors (Lipinski definition) is 3. The number of thiazole rings is 1. The van der Waals surface area contributed by atoms with Gasteiger partial charge in [-0.15, -0.1) is 11.3 Å². The van der Waals surface area contributed by atoms with Gasteiger partial charge in [0.25, 0.3) is 0 Å². The number of Topliss-reactive ketones (excluding diaryl/α,β-unsaturated/α-hetero) is 1. The lowest BCUT2D eigenvalue weighted by atomic mass is 9.83. The van der Waals surface area contributed by atoms with E-state index in [1.54, 1.807) is 11.3 Å². The molecule has 1 aromatic heterocycles. The molecule has 2 aliphatic carbocycles. The summed E-state index contributed by atoms with van der Waals surface area (Å²) in [5.41, 5.74) is 1.10. The lowest BCUT2D eigenvalue weighted by molar-refractivity contribution is 0.0976. The van der Waals surface area contributed by atoms with Crippen molar-refractivity contribution in [3.63, 3.8) is 0 Å². The van der Waals surface area contributed by atoms with Crippen molar-refractivity contribution in [1.82, 2.24) is 4.98 Å². The van der Waals surface area contributed by atoms with Crippen molar-refractivity contribution < 1.29 is 4.79 Å². The third-order valence-electron chi connectivity index (χ3n) is 4.15. The van der Waals surface area contributed by atoms with Crippen LogP contribution >= 0.6 is 11.3 Å². The molecule has 0 unspecified atom stereocenters. The SMILES string of the molecule is CC1CCC(c2nc3c(s2)C(=O)CCC3)CC1. The molecule has 0 aromatic carbocycles. The third-order valence-corrected chi connectivity index (χ3v) is 5.45. The summed E-state index contributed by atoms with van der Waals surface area (Å²) < 4.78 is 0. The van der Waals surface area contributed by atoms with Crippen molar-refractivity contribution in [2.75, 3.05) is 0 Å². The molecule has 1 fully saturated rings. The highest BCUT2D eigenvalue weighted by Crippen LogP contribution is 2.39. The van der Waals surface area contributed by atoms with Crippen LogP contribution in [0.2, 0.25) is 0 Å². The van der Waals surface area contributed by atoms with Gasteiger partial charge in [-0.25, -0.2) is 4.98 Å². The van der Waals surface area contributed by atoms with Gasteiger partial charge >= 0.3 is 0 Å². The summed E-state index contributed by atoms with van der Waals surface area (Å²) in [6.07, 6.45) is 7.92. The van der Waals surface area contributed by atoms with E-state index < -0.39 is 0 Å². The number of nitrogens with zero attached hydrogens (tertiary/aromatic N) is 1. The summed E-state index contributed by atoms with van der Waals surface area (Å²) in [7, 11) is 0. The van der Waals surface area contributed by atoms with E-state index in [1.165, 1.54) is 30.7 Å². The van der Waals surface area contributed by atoms with Gasteiger partial charge in [0.1, 0.15) is 0 Å². The van der Waals surface area contributed by atoms with Gasteiger partial charge in [0.05, 0.1) is 15.6 Å². The number of aromatic nitrogens is 1. The first-order valence-corrected chi connectivity index (χ1v) is 7.58. The fraction of sp³-hybridized carbons (Fsp3) is 0.714. The van der Waals surface area contributed by atoms with Crippen molar-refractivity contribution in [2.24, 2.45) is 5.92 Å². The van der Waals surface area contributed by atoms with E-state index in [2.05, 4.69) is 6.92 Å². The van der Waals surface area contributed by atoms with Gasteiger partial charge in [-0.3, -0.25) is 4.79 Å². The fourth-order valence-electron chi connectivity index (χ4n) is 2.97. The molecule has 3 heteroatoms. The second kappa shape index (κ2) is 4.52. The summed E-state index contributed by atoms with van der Waals surface area (Å²) in [5, 5.41) is 1.25. The lowest BCUT2D eigenvalue weighted by Crippen LogP contribution is -2.10. The van der Waals surface area contributed by atoms with Gasteiger partial charge in [-0.05, 0) is 31.6 Å². The quantitative estimate of drug-likeness (QED) is 0.754. The summed E-state index contributed by atoms with van der Waals surface area (Å²) in [4.78, 5) is 17.5. The van der Waals surface area contributed by atoms with Crippen molar-refractivity contribution in [2.45, 2.75) is 57.8 Å². The summed E-state index contributed by atoms with van der Waals surface area (Å²) in [5.74, 6) is 1.84. The Kier molecular flexibility index (Phi) is 3.03. The number of fused-ring (bicyclic) bond motifs is 1. The zero-order chi connectivity index (χ0) is 11.8. The van der Waals surface area contributed by atoms with Crippen molar-refractivity contribution in [3.05, 3.63) is 15.6 Å². The Balaban J connectivity index is 1.82. The van der Waals surface area contributed by atoms with Crippen molar-refractivity contribution >= 4 is 17.1 Å². The number of aryl methyl sites for hydroxylation is 1. The van der Waals surface area contributed by atoms with Crippen LogP contribution in [-0.2, 0) is 6.42 Å². The number of ketones is 1. The third kappa shape index (κ3) is 2.17. The highest BCUT2D eigenvalue weighted by Gasteiger charge is 2.27. The Morgan fingerprint density at radius 1 is 1.18 bits per heavy atom. The van der Waals surface area contributed by atoms with E-state index in [0.29, 0.717) is 11.7 Å². The minimum absolute atomic E-state index is 0.333. The second-order valence-electron chi connectivity index (χ2n) is 5.56. The molecule has 1 saturated carbocycles. The van der Waals surface area contributed by atoms with E-state index in [0.717, 1.165) is 35.8 Å². The molecule has 1 heterocycles. The number of hydrogen-bond donors (Lipinski definition) is 0. The normalized spacial score (nSPS) is 29.1. The summed E-state index contributed by atoms with van der Waals surface area (Å²) >= 11 is 1.69. The molecular formula is C14H19NOS. The second-order valence-corrected chi connectivity index (χ2v) is 6.59. The molecule has 17 heavy (non-hydrogen) atoms. The maximum Gasteiger partial charge on any atom is 0.174 e. The van der Waals surface area contributed by atoms with Crippen LogP contribution in [0.5, 0.6) is 0 Å². The first kappa shape index (κ1) is 11.4. The smallest absolute Gasteiger partial charge is 0.174 e. The topological polar surface area (TPSA) is 30.0 Å². The zero-order valence-electron chi connectivity index (χ0n) is 10.4. The van der Waals surface area contributed by atoms with Gasteiger partial charge in [-0.1, -0.05) is 19.8 Å². The Labute approximate surface area is 106 Å². The van der Waals surface area contributed by atoms with E-state index in [1.807, 2.05) is 0 Å². The summed E-state index contributed by atoms with van der Waals surface area (Å²) in [6, 6.07) is 0. The standard InChI is InChI=1S/C14H19NOS/c1-9-5-7-10(8-6-9)14-15-11-3-2-4-12(16)13(11)17-14/h9-10H,2-8H2,1H3. The van der Waals surface area contributed by atoms with Crippen LogP contribution in [0.25, 0.3) is 0 Å². The highest BCUT2D eigenvalue weighted by molar-refractivity contribution is 7.14. The average Bonchev–Trinajstić information content (AvgIpc) is 2.75. The Hall–Kier alpha value is -0.700. The van der Waals surface area contributed by atoms with E-state index in [-0.39, 0.29) is 0 Å². The lowest BCUT2D eigenvalue weighted by Gasteiger charge is -2.24. The van der Waals surface area contributed by atoms with Gasteiger partial charge < -0.3 is 0 Å². The van der Waals surface area contributed by atoms with E-state index in [9.17, 15) is 4.79 Å². The first-order chi connectivity index (χ1) is 8.24. The first-order valence-electron chi connectivity index (χ1n) is 6.77. The molecule has 0 N–H and O–H groups in total. The molecule has 0 saturated heterocycles. The minimum Gasteiger partial charge on any atom is -0.293 e. The maximum atomic E-state index is 11.8. The highest BCUT2D eigenvalue weighted by atomic mass is 32.1. The van der Waals surface area contributed by atoms with Crippen LogP contribution in [0.15, 0.2) is 0 Å². The van der Waals surface area contributed by atoms with Gasteiger partial charge in [0, 0.05) is 12.3 Å². The minimum atomic E-state index is 0.333. The molecule has 92 valence electrons. The van der Waals surface area contributed by atoms with Crippen molar-refractivity contribution in [3.8, 4) is 0 Å². The molecule has 0 aliphatic heterocycles. The van der Waals surface area contributed by atoms with Gasteiger partial charge in [0.2, 0.25) is 0 Å². The van der Waals surface area contributed by atoms with Crippen LogP contribution in [0.1, 0.15) is 71.7 Å². The number of carbonyl (C=O) groups is 1. The zero-order valence-corrected chi connectivity index (χ0v) is 11.2. The maximum absolute atomic E-state index is 11.8. The van der Waals surface area contributed by atoms with Gasteiger partial charge in [0.15, 0.2) is 5.78 Å². The number of carbonyl (C=O) groups excluding carboxylic acids is 1. The largest absolute Gasteiger partial charge is 0.293 e. The molecular weight excluding hydrogens is 230 g/mol. The Bertz CT molecular complexity index is 429. The molecule has 0 bridgehead atoms. The monoisotopic (exact) mass is 249 g/mol. The molecule has 3 rings (SSSR count). The van der Waals surface area contributed by atoms with Crippen LogP contribution in [0.4, 0.5) is 0 Å². The molecule has 0 atom stereocenters. The Morgan fingerprint density at radius 3 is 2.65 bits per heavy atom.